The molecule has 1 aromatic heterocycles. The van der Waals surface area contributed by atoms with Crippen molar-refractivity contribution in [1.82, 2.24) is 15.0 Å². The first kappa shape index (κ1) is 21.7. The minimum atomic E-state index is -5.95. The van der Waals surface area contributed by atoms with Gasteiger partial charge in [0.05, 0.1) is 12.7 Å². The summed E-state index contributed by atoms with van der Waals surface area (Å²) in [4.78, 5) is 38.8. The third kappa shape index (κ3) is 4.75. The van der Waals surface area contributed by atoms with Gasteiger partial charge in [-0.25, -0.2) is 4.68 Å². The summed E-state index contributed by atoms with van der Waals surface area (Å²) in [6.45, 7) is -1.19. The van der Waals surface area contributed by atoms with Gasteiger partial charge in [0.1, 0.15) is 0 Å². The summed E-state index contributed by atoms with van der Waals surface area (Å²) in [7, 11) is -11.5. The molecule has 0 saturated heterocycles. The molecule has 1 rings (SSSR count). The molecule has 0 bridgehead atoms. The molecule has 0 aromatic carbocycles. The Kier molecular flexibility index (Phi) is 8.94. The quantitative estimate of drug-likeness (QED) is 0.360. The van der Waals surface area contributed by atoms with Crippen LogP contribution in [-0.2, 0) is 15.7 Å². The van der Waals surface area contributed by atoms with Gasteiger partial charge in [-0.2, -0.15) is 0 Å². The van der Waals surface area contributed by atoms with Gasteiger partial charge in [0.2, 0.25) is 5.08 Å². The van der Waals surface area contributed by atoms with Gasteiger partial charge < -0.3 is 29.2 Å². The molecule has 18 heavy (non-hydrogen) atoms. The molecule has 0 saturated carbocycles. The van der Waals surface area contributed by atoms with Gasteiger partial charge in [-0.15, -0.1) is 5.10 Å². The molecule has 1 atom stereocenters. The van der Waals surface area contributed by atoms with E-state index < -0.39 is 26.8 Å². The van der Waals surface area contributed by atoms with Crippen molar-refractivity contribution in [3.63, 3.8) is 0 Å². The van der Waals surface area contributed by atoms with Crippen molar-refractivity contribution in [1.29, 1.82) is 0 Å². The third-order valence-corrected chi connectivity index (χ3v) is 5.36. The van der Waals surface area contributed by atoms with Gasteiger partial charge in [-0.1, -0.05) is 5.21 Å². The minimum absolute atomic E-state index is 0. The Labute approximate surface area is 146 Å². The van der Waals surface area contributed by atoms with E-state index in [4.69, 9.17) is 9.79 Å². The van der Waals surface area contributed by atoms with Crippen molar-refractivity contribution in [3.8, 4) is 0 Å². The molecular weight excluding hydrogens is 310 g/mol. The number of aromatic nitrogens is 3. The van der Waals surface area contributed by atoms with Crippen LogP contribution in [0.1, 0.15) is 0 Å². The average molecular weight is 317 g/mol. The van der Waals surface area contributed by atoms with E-state index in [1.165, 1.54) is 0 Å². The molecule has 0 fully saturated rings. The van der Waals surface area contributed by atoms with Crippen molar-refractivity contribution in [2.75, 3.05) is 0 Å². The van der Waals surface area contributed by atoms with Crippen LogP contribution in [0.2, 0.25) is 0 Å². The van der Waals surface area contributed by atoms with Gasteiger partial charge in [0.15, 0.2) is 0 Å². The zero-order chi connectivity index (χ0) is 12.6. The van der Waals surface area contributed by atoms with Gasteiger partial charge >= 0.3 is 66.7 Å². The smallest absolute Gasteiger partial charge is 0.808 e. The molecule has 0 aliphatic carbocycles. The molecule has 1 aromatic rings. The predicted octanol–water partition coefficient (Wildman–Crippen LogP) is -8.98. The Bertz CT molecular complexity index is 433. The van der Waals surface area contributed by atoms with Crippen molar-refractivity contribution < 1.29 is 92.9 Å². The Hall–Kier alpha value is 1.40. The van der Waals surface area contributed by atoms with E-state index in [0.29, 0.717) is 4.68 Å². The first-order chi connectivity index (χ1) is 7.08. The summed E-state index contributed by atoms with van der Waals surface area (Å²) >= 11 is 0. The maximum Gasteiger partial charge on any atom is 1.00 e. The average Bonchev–Trinajstić information content (AvgIpc) is 2.52. The van der Waals surface area contributed by atoms with Crippen LogP contribution in [0.15, 0.2) is 12.4 Å². The summed E-state index contributed by atoms with van der Waals surface area (Å²) in [6.07, 6.45) is 2.12. The van der Waals surface area contributed by atoms with Crippen LogP contribution in [0.3, 0.4) is 0 Å². The largest absolute Gasteiger partial charge is 1.00 e. The van der Waals surface area contributed by atoms with Crippen LogP contribution in [0, 0.1) is 0 Å². The van der Waals surface area contributed by atoms with E-state index in [9.17, 15) is 24.0 Å². The van der Waals surface area contributed by atoms with Crippen LogP contribution in [-0.4, -0.2) is 35.0 Å². The van der Waals surface area contributed by atoms with Gasteiger partial charge in [0.25, 0.3) is 0 Å². The van der Waals surface area contributed by atoms with Crippen molar-refractivity contribution >= 4 is 15.2 Å². The molecule has 3 N–H and O–H groups in total. The number of nitrogens with zero attached hydrogens (tertiary/aromatic N) is 3. The summed E-state index contributed by atoms with van der Waals surface area (Å²) in [5.41, 5.74) is 0. The Morgan fingerprint density at radius 1 is 1.28 bits per heavy atom. The summed E-state index contributed by atoms with van der Waals surface area (Å²) in [6, 6.07) is 0. The molecule has 0 aliphatic rings. The molecule has 1 unspecified atom stereocenters. The maximum absolute atomic E-state index is 10.8. The first-order valence-electron chi connectivity index (χ1n) is 3.72. The molecule has 0 spiro atoms. The van der Waals surface area contributed by atoms with E-state index in [2.05, 4.69) is 10.3 Å². The Balaban J connectivity index is 0. The summed E-state index contributed by atoms with van der Waals surface area (Å²) < 4.78 is 22.2. The second kappa shape index (κ2) is 7.42. The number of aliphatic hydroxyl groups is 1. The monoisotopic (exact) mass is 317 g/mol. The minimum Gasteiger partial charge on any atom is -0.808 e. The van der Waals surface area contributed by atoms with Crippen molar-refractivity contribution in [3.05, 3.63) is 12.4 Å². The Morgan fingerprint density at radius 3 is 2.06 bits per heavy atom. The SMILES string of the molecule is O=P([O-])([O-])C(O)(Cn1ccnn1)P(=O)(O)O.[Na+].[Na+]. The summed E-state index contributed by atoms with van der Waals surface area (Å²) in [5.74, 6) is 0. The molecule has 0 radical (unpaired) electrons. The fourth-order valence-corrected chi connectivity index (χ4v) is 2.80. The number of rotatable bonds is 4. The van der Waals surface area contributed by atoms with Crippen molar-refractivity contribution in [2.24, 2.45) is 0 Å². The van der Waals surface area contributed by atoms with Gasteiger partial charge in [-0.05, 0) is 7.60 Å². The van der Waals surface area contributed by atoms with E-state index in [-0.39, 0.29) is 59.1 Å². The van der Waals surface area contributed by atoms with Gasteiger partial charge in [0, 0.05) is 6.20 Å². The van der Waals surface area contributed by atoms with Crippen LogP contribution in [0.25, 0.3) is 0 Å². The molecular formula is C4H7N3Na2O7P2. The van der Waals surface area contributed by atoms with Crippen LogP contribution in [0.5, 0.6) is 0 Å². The van der Waals surface area contributed by atoms with E-state index in [1.807, 2.05) is 0 Å². The van der Waals surface area contributed by atoms with E-state index in [0.717, 1.165) is 12.4 Å². The fraction of sp³-hybridized carbons (Fsp3) is 0.500. The zero-order valence-electron chi connectivity index (χ0n) is 9.57. The second-order valence-electron chi connectivity index (χ2n) is 2.92. The topological polar surface area (TPSA) is 172 Å². The third-order valence-electron chi connectivity index (χ3n) is 1.75. The molecule has 1 heterocycles. The maximum atomic E-state index is 10.8. The van der Waals surface area contributed by atoms with Crippen LogP contribution >= 0.6 is 15.2 Å². The summed E-state index contributed by atoms with van der Waals surface area (Å²) in [5, 5.41) is 12.0. The second-order valence-corrected chi connectivity index (χ2v) is 6.83. The molecule has 0 aliphatic heterocycles. The molecule has 92 valence electrons. The molecule has 14 heteroatoms. The fourth-order valence-electron chi connectivity index (χ4n) is 0.873. The van der Waals surface area contributed by atoms with Crippen LogP contribution < -0.4 is 68.9 Å². The predicted molar refractivity (Wildman–Crippen MR) is 44.6 cm³/mol. The number of hydrogen-bond acceptors (Lipinski definition) is 7. The Morgan fingerprint density at radius 2 is 1.78 bits per heavy atom. The molecule has 0 amide bonds. The van der Waals surface area contributed by atoms with E-state index >= 15 is 0 Å². The van der Waals surface area contributed by atoms with E-state index in [1.54, 1.807) is 0 Å². The molecule has 10 nitrogen and oxygen atoms in total. The number of hydrogen-bond donors (Lipinski definition) is 3. The zero-order valence-corrected chi connectivity index (χ0v) is 15.4. The van der Waals surface area contributed by atoms with Crippen LogP contribution in [0.4, 0.5) is 0 Å². The normalized spacial score (nSPS) is 15.2. The van der Waals surface area contributed by atoms with Gasteiger partial charge in [-0.3, -0.25) is 4.57 Å². The van der Waals surface area contributed by atoms with Crippen molar-refractivity contribution in [2.45, 2.75) is 11.6 Å². The first-order valence-corrected chi connectivity index (χ1v) is 6.88. The standard InChI is InChI=1S/C4H9N3O7P2.2Na/c8-4(15(9,10)11,16(12,13)14)3-7-2-1-5-6-7;;/h1-2,8H,3H2,(H2,9,10,11)(H2,12,13,14);;/q;2*+1/p-2.